The van der Waals surface area contributed by atoms with Crippen molar-refractivity contribution in [3.8, 4) is 0 Å². The van der Waals surface area contributed by atoms with Gasteiger partial charge in [0.25, 0.3) is 0 Å². The smallest absolute Gasteiger partial charge is 0.0493 e. The number of halogens is 1. The monoisotopic (exact) mass is 252 g/mol. The Labute approximate surface area is 109 Å². The molecule has 1 aliphatic rings. The summed E-state index contributed by atoms with van der Waals surface area (Å²) < 4.78 is 0. The fourth-order valence-electron chi connectivity index (χ4n) is 3.09. The van der Waals surface area contributed by atoms with Crippen molar-refractivity contribution in [2.75, 3.05) is 0 Å². The predicted molar refractivity (Wildman–Crippen MR) is 72.6 cm³/mol. The molecule has 3 N–H and O–H groups in total. The standard InChI is InChI=1S/C14H21ClN2/c1-14(2)9-3-4-12(14)13(17-16)10-5-7-11(15)8-6-10/h5-8,12-13,17H,3-4,9,16H2,1-2H3. The molecule has 94 valence electrons. The number of benzene rings is 1. The Morgan fingerprint density at radius 3 is 2.47 bits per heavy atom. The average molecular weight is 253 g/mol. The van der Waals surface area contributed by atoms with E-state index in [2.05, 4.69) is 31.4 Å². The van der Waals surface area contributed by atoms with Gasteiger partial charge in [-0.3, -0.25) is 11.3 Å². The molecule has 0 amide bonds. The van der Waals surface area contributed by atoms with Crippen LogP contribution in [0.3, 0.4) is 0 Å². The number of nitrogens with one attached hydrogen (secondary N) is 1. The minimum atomic E-state index is 0.227. The maximum absolute atomic E-state index is 5.92. The average Bonchev–Trinajstić information content (AvgIpc) is 2.63. The highest BCUT2D eigenvalue weighted by Gasteiger charge is 2.39. The van der Waals surface area contributed by atoms with Gasteiger partial charge in [-0.2, -0.15) is 0 Å². The van der Waals surface area contributed by atoms with E-state index in [0.29, 0.717) is 11.3 Å². The van der Waals surface area contributed by atoms with Crippen LogP contribution in [0.25, 0.3) is 0 Å². The lowest BCUT2D eigenvalue weighted by Crippen LogP contribution is -2.37. The molecule has 2 rings (SSSR count). The third-order valence-electron chi connectivity index (χ3n) is 4.15. The van der Waals surface area contributed by atoms with Gasteiger partial charge in [-0.15, -0.1) is 0 Å². The third kappa shape index (κ3) is 2.65. The summed E-state index contributed by atoms with van der Waals surface area (Å²) in [5.74, 6) is 6.35. The van der Waals surface area contributed by atoms with E-state index < -0.39 is 0 Å². The summed E-state index contributed by atoms with van der Waals surface area (Å²) in [7, 11) is 0. The number of rotatable bonds is 3. The molecule has 0 radical (unpaired) electrons. The largest absolute Gasteiger partial charge is 0.271 e. The van der Waals surface area contributed by atoms with Crippen molar-refractivity contribution in [3.63, 3.8) is 0 Å². The van der Waals surface area contributed by atoms with E-state index in [4.69, 9.17) is 17.4 Å². The Morgan fingerprint density at radius 1 is 1.35 bits per heavy atom. The second kappa shape index (κ2) is 4.97. The van der Waals surface area contributed by atoms with Crippen molar-refractivity contribution in [1.82, 2.24) is 5.43 Å². The van der Waals surface area contributed by atoms with Crippen LogP contribution in [0.2, 0.25) is 5.02 Å². The van der Waals surface area contributed by atoms with Crippen LogP contribution in [0, 0.1) is 11.3 Å². The Morgan fingerprint density at radius 2 is 2.00 bits per heavy atom. The summed E-state index contributed by atoms with van der Waals surface area (Å²) in [6.07, 6.45) is 3.82. The second-order valence-electron chi connectivity index (χ2n) is 5.68. The molecule has 0 aromatic heterocycles. The van der Waals surface area contributed by atoms with Gasteiger partial charge in [-0.05, 0) is 41.9 Å². The van der Waals surface area contributed by atoms with E-state index in [1.807, 2.05) is 12.1 Å². The fraction of sp³-hybridized carbons (Fsp3) is 0.571. The molecule has 1 aromatic rings. The first kappa shape index (κ1) is 12.9. The van der Waals surface area contributed by atoms with E-state index in [9.17, 15) is 0 Å². The summed E-state index contributed by atoms with van der Waals surface area (Å²) in [4.78, 5) is 0. The van der Waals surface area contributed by atoms with Gasteiger partial charge in [0.15, 0.2) is 0 Å². The lowest BCUT2D eigenvalue weighted by Gasteiger charge is -2.34. The summed E-state index contributed by atoms with van der Waals surface area (Å²) >= 11 is 5.92. The van der Waals surface area contributed by atoms with Crippen LogP contribution >= 0.6 is 11.6 Å². The molecule has 1 fully saturated rings. The lowest BCUT2D eigenvalue weighted by molar-refractivity contribution is 0.198. The molecule has 0 aliphatic heterocycles. The van der Waals surface area contributed by atoms with Crippen LogP contribution in [-0.2, 0) is 0 Å². The van der Waals surface area contributed by atoms with Crippen LogP contribution in [0.5, 0.6) is 0 Å². The van der Waals surface area contributed by atoms with E-state index in [1.54, 1.807) is 0 Å². The van der Waals surface area contributed by atoms with Crippen LogP contribution in [0.15, 0.2) is 24.3 Å². The van der Waals surface area contributed by atoms with Crippen LogP contribution in [-0.4, -0.2) is 0 Å². The number of hydrogen-bond donors (Lipinski definition) is 2. The quantitative estimate of drug-likeness (QED) is 0.636. The summed E-state index contributed by atoms with van der Waals surface area (Å²) in [5.41, 5.74) is 4.58. The zero-order valence-corrected chi connectivity index (χ0v) is 11.3. The first-order chi connectivity index (χ1) is 8.04. The molecule has 1 aliphatic carbocycles. The highest BCUT2D eigenvalue weighted by molar-refractivity contribution is 6.30. The Hall–Kier alpha value is -0.570. The van der Waals surface area contributed by atoms with Gasteiger partial charge < -0.3 is 0 Å². The number of nitrogens with two attached hydrogens (primary N) is 1. The molecule has 2 nitrogen and oxygen atoms in total. The van der Waals surface area contributed by atoms with Crippen molar-refractivity contribution in [2.24, 2.45) is 17.2 Å². The van der Waals surface area contributed by atoms with E-state index in [1.165, 1.54) is 24.8 Å². The first-order valence-corrected chi connectivity index (χ1v) is 6.64. The molecular weight excluding hydrogens is 232 g/mol. The van der Waals surface area contributed by atoms with E-state index >= 15 is 0 Å². The van der Waals surface area contributed by atoms with Gasteiger partial charge in [0.1, 0.15) is 0 Å². The molecule has 17 heavy (non-hydrogen) atoms. The topological polar surface area (TPSA) is 38.0 Å². The fourth-order valence-corrected chi connectivity index (χ4v) is 3.21. The minimum Gasteiger partial charge on any atom is -0.271 e. The zero-order chi connectivity index (χ0) is 12.5. The molecule has 3 heteroatoms. The minimum absolute atomic E-state index is 0.227. The van der Waals surface area contributed by atoms with Crippen molar-refractivity contribution >= 4 is 11.6 Å². The third-order valence-corrected chi connectivity index (χ3v) is 4.40. The molecule has 1 saturated carbocycles. The van der Waals surface area contributed by atoms with Crippen LogP contribution < -0.4 is 11.3 Å². The predicted octanol–water partition coefficient (Wildman–Crippen LogP) is 3.67. The molecular formula is C14H21ClN2. The zero-order valence-electron chi connectivity index (χ0n) is 10.5. The molecule has 2 unspecified atom stereocenters. The van der Waals surface area contributed by atoms with Gasteiger partial charge in [-0.1, -0.05) is 44.0 Å². The van der Waals surface area contributed by atoms with Crippen molar-refractivity contribution < 1.29 is 0 Å². The summed E-state index contributed by atoms with van der Waals surface area (Å²) in [5, 5.41) is 0.773. The summed E-state index contributed by atoms with van der Waals surface area (Å²) in [6, 6.07) is 8.24. The molecule has 2 atom stereocenters. The van der Waals surface area contributed by atoms with Gasteiger partial charge >= 0.3 is 0 Å². The highest BCUT2D eigenvalue weighted by Crippen LogP contribution is 2.48. The Balaban J connectivity index is 2.24. The van der Waals surface area contributed by atoms with Crippen molar-refractivity contribution in [2.45, 2.75) is 39.2 Å². The Kier molecular flexibility index (Phi) is 3.76. The molecule has 0 heterocycles. The van der Waals surface area contributed by atoms with E-state index in [0.717, 1.165) is 5.02 Å². The molecule has 0 bridgehead atoms. The number of hydrogen-bond acceptors (Lipinski definition) is 2. The second-order valence-corrected chi connectivity index (χ2v) is 6.12. The summed E-state index contributed by atoms with van der Waals surface area (Å²) in [6.45, 7) is 4.68. The molecule has 1 aromatic carbocycles. The normalized spacial score (nSPS) is 24.8. The van der Waals surface area contributed by atoms with Gasteiger partial charge in [0, 0.05) is 11.1 Å². The van der Waals surface area contributed by atoms with Crippen LogP contribution in [0.1, 0.15) is 44.7 Å². The maximum atomic E-state index is 5.92. The molecule has 0 spiro atoms. The number of hydrazine groups is 1. The van der Waals surface area contributed by atoms with Gasteiger partial charge in [0.05, 0.1) is 0 Å². The maximum Gasteiger partial charge on any atom is 0.0493 e. The van der Waals surface area contributed by atoms with Crippen molar-refractivity contribution in [1.29, 1.82) is 0 Å². The SMILES string of the molecule is CC1(C)CCCC1C(NN)c1ccc(Cl)cc1. The highest BCUT2D eigenvalue weighted by atomic mass is 35.5. The van der Waals surface area contributed by atoms with Crippen LogP contribution in [0.4, 0.5) is 0 Å². The van der Waals surface area contributed by atoms with Gasteiger partial charge in [0.2, 0.25) is 0 Å². The molecule has 0 saturated heterocycles. The van der Waals surface area contributed by atoms with Gasteiger partial charge in [-0.25, -0.2) is 0 Å². The van der Waals surface area contributed by atoms with Crippen molar-refractivity contribution in [3.05, 3.63) is 34.9 Å². The Bertz CT molecular complexity index is 372. The first-order valence-electron chi connectivity index (χ1n) is 6.26. The van der Waals surface area contributed by atoms with E-state index in [-0.39, 0.29) is 6.04 Å². The lowest BCUT2D eigenvalue weighted by atomic mass is 9.76.